The summed E-state index contributed by atoms with van der Waals surface area (Å²) in [5.41, 5.74) is 1.01. The first-order valence-corrected chi connectivity index (χ1v) is 15.5. The molecule has 1 amide bonds. The van der Waals surface area contributed by atoms with Gasteiger partial charge in [-0.1, -0.05) is 49.0 Å². The van der Waals surface area contributed by atoms with Gasteiger partial charge in [0.25, 0.3) is 0 Å². The van der Waals surface area contributed by atoms with Crippen molar-refractivity contribution in [1.82, 2.24) is 19.9 Å². The standard InChI is InChI=1S/C31H38N6O4S/c1-19-14-21(36-13-12-29(5,17-36)20-10-8-7-9-11-20)15-37-23(19)33-25(35-37)31-16-30(18-40-31,26(39)41-28(2,3)4)22(31)24(38)34-27(32)42-6/h7-11,14-15,22H,12-13,16-18H2,1-6H3,(H2,32,34,38)/t22?,29-,30?,31?/m0/s1. The summed E-state index contributed by atoms with van der Waals surface area (Å²) in [7, 11) is 0. The molecule has 4 fully saturated rings. The van der Waals surface area contributed by atoms with Crippen LogP contribution in [0.1, 0.15) is 57.5 Å². The molecule has 2 aromatic heterocycles. The summed E-state index contributed by atoms with van der Waals surface area (Å²) in [5.74, 6) is -1.49. The molecule has 10 nitrogen and oxygen atoms in total. The monoisotopic (exact) mass is 590 g/mol. The maximum atomic E-state index is 13.6. The van der Waals surface area contributed by atoms with E-state index in [9.17, 15) is 9.59 Å². The van der Waals surface area contributed by atoms with Crippen LogP contribution in [0.2, 0.25) is 0 Å². The third-order valence-electron chi connectivity index (χ3n) is 8.98. The Morgan fingerprint density at radius 1 is 1.24 bits per heavy atom. The van der Waals surface area contributed by atoms with Crippen LogP contribution in [0.25, 0.3) is 5.65 Å². The van der Waals surface area contributed by atoms with Gasteiger partial charge in [0.15, 0.2) is 16.6 Å². The minimum absolute atomic E-state index is 0.00245. The van der Waals surface area contributed by atoms with Gasteiger partial charge in [0, 0.05) is 24.9 Å². The first-order valence-electron chi connectivity index (χ1n) is 14.3. The molecule has 4 atom stereocenters. The molecule has 3 aliphatic heterocycles. The Bertz CT molecular complexity index is 1590. The fraction of sp³-hybridized carbons (Fsp3) is 0.516. The Labute approximate surface area is 250 Å². The third-order valence-corrected chi connectivity index (χ3v) is 9.49. The van der Waals surface area contributed by atoms with Crippen molar-refractivity contribution in [3.63, 3.8) is 0 Å². The zero-order valence-electron chi connectivity index (χ0n) is 25.0. The van der Waals surface area contributed by atoms with Gasteiger partial charge in [-0.3, -0.25) is 15.0 Å². The van der Waals surface area contributed by atoms with E-state index in [4.69, 9.17) is 25.0 Å². The number of anilines is 1. The van der Waals surface area contributed by atoms with Crippen LogP contribution in [0.4, 0.5) is 5.69 Å². The van der Waals surface area contributed by atoms with Crippen molar-refractivity contribution in [2.75, 3.05) is 30.9 Å². The van der Waals surface area contributed by atoms with Crippen LogP contribution >= 0.6 is 11.8 Å². The molecule has 1 aliphatic carbocycles. The van der Waals surface area contributed by atoms with Crippen molar-refractivity contribution in [2.45, 2.75) is 64.1 Å². The number of carbonyl (C=O) groups is 2. The number of nitrogens with zero attached hydrogens (tertiary/aromatic N) is 4. The fourth-order valence-electron chi connectivity index (χ4n) is 6.85. The number of amides is 1. The van der Waals surface area contributed by atoms with E-state index in [1.807, 2.05) is 19.2 Å². The van der Waals surface area contributed by atoms with E-state index < -0.39 is 34.4 Å². The molecule has 3 unspecified atom stereocenters. The van der Waals surface area contributed by atoms with Crippen molar-refractivity contribution < 1.29 is 19.1 Å². The Balaban J connectivity index is 1.33. The summed E-state index contributed by atoms with van der Waals surface area (Å²) < 4.78 is 13.8. The molecule has 2 N–H and O–H groups in total. The van der Waals surface area contributed by atoms with Gasteiger partial charge < -0.3 is 19.7 Å². The number of hydrogen-bond donors (Lipinski definition) is 2. The van der Waals surface area contributed by atoms with E-state index in [0.717, 1.165) is 42.5 Å². The summed E-state index contributed by atoms with van der Waals surface area (Å²) in [5, 5.41) is 15.5. The predicted molar refractivity (Wildman–Crippen MR) is 162 cm³/mol. The predicted octanol–water partition coefficient (Wildman–Crippen LogP) is 4.19. The lowest BCUT2D eigenvalue weighted by Crippen LogP contribution is -2.63. The van der Waals surface area contributed by atoms with Crippen molar-refractivity contribution in [3.8, 4) is 0 Å². The van der Waals surface area contributed by atoms with E-state index in [-0.39, 0.29) is 23.6 Å². The van der Waals surface area contributed by atoms with Gasteiger partial charge in [-0.2, -0.15) is 0 Å². The van der Waals surface area contributed by atoms with Crippen molar-refractivity contribution in [2.24, 2.45) is 11.3 Å². The first-order chi connectivity index (χ1) is 19.8. The Morgan fingerprint density at radius 2 is 1.98 bits per heavy atom. The molecule has 5 heterocycles. The highest BCUT2D eigenvalue weighted by Gasteiger charge is 2.79. The number of esters is 1. The maximum absolute atomic E-state index is 13.6. The molecule has 3 aromatic rings. The van der Waals surface area contributed by atoms with Gasteiger partial charge >= 0.3 is 5.97 Å². The number of fused-ring (bicyclic) bond motifs is 2. The fourth-order valence-corrected chi connectivity index (χ4v) is 7.06. The second-order valence-corrected chi connectivity index (χ2v) is 14.0. The minimum Gasteiger partial charge on any atom is -0.459 e. The van der Waals surface area contributed by atoms with Crippen LogP contribution in [-0.4, -0.2) is 63.2 Å². The zero-order chi connectivity index (χ0) is 30.1. The molecule has 222 valence electrons. The van der Waals surface area contributed by atoms with Crippen LogP contribution in [0.3, 0.4) is 0 Å². The number of carbonyl (C=O) groups excluding carboxylic acids is 2. The molecule has 0 spiro atoms. The average Bonchev–Trinajstić information content (AvgIpc) is 3.69. The largest absolute Gasteiger partial charge is 0.459 e. The molecule has 3 saturated heterocycles. The van der Waals surface area contributed by atoms with Crippen LogP contribution < -0.4 is 10.2 Å². The number of thioether (sulfide) groups is 1. The normalized spacial score (nSPS) is 28.5. The first kappa shape index (κ1) is 28.7. The summed E-state index contributed by atoms with van der Waals surface area (Å²) >= 11 is 1.11. The van der Waals surface area contributed by atoms with E-state index >= 15 is 0 Å². The molecule has 4 aliphatic rings. The number of benzene rings is 1. The van der Waals surface area contributed by atoms with Crippen molar-refractivity contribution in [3.05, 3.63) is 59.5 Å². The summed E-state index contributed by atoms with van der Waals surface area (Å²) in [6, 6.07) is 12.8. The molecule has 1 aromatic carbocycles. The van der Waals surface area contributed by atoms with Crippen LogP contribution in [0.15, 0.2) is 42.6 Å². The maximum Gasteiger partial charge on any atom is 0.316 e. The Morgan fingerprint density at radius 3 is 2.67 bits per heavy atom. The summed E-state index contributed by atoms with van der Waals surface area (Å²) in [6.45, 7) is 11.6. The highest BCUT2D eigenvalue weighted by atomic mass is 32.2. The number of ether oxygens (including phenoxy) is 2. The van der Waals surface area contributed by atoms with Crippen molar-refractivity contribution in [1.29, 1.82) is 5.41 Å². The molecule has 1 saturated carbocycles. The Kier molecular flexibility index (Phi) is 6.69. The number of amidine groups is 1. The second-order valence-electron chi connectivity index (χ2n) is 13.2. The molecular formula is C31H38N6O4S. The number of nitrogens with one attached hydrogen (secondary N) is 2. The molecular weight excluding hydrogens is 552 g/mol. The molecule has 0 radical (unpaired) electrons. The number of aromatic nitrogens is 3. The Hall–Kier alpha value is -3.44. The van der Waals surface area contributed by atoms with Crippen LogP contribution in [0.5, 0.6) is 0 Å². The van der Waals surface area contributed by atoms with Gasteiger partial charge in [0.2, 0.25) is 5.91 Å². The SMILES string of the molecule is CSC(=N)NC(=O)C1C2(C(=O)OC(C)(C)C)COC1(c1nc3c(C)cc(N4CC[C@](C)(c5ccccc5)C4)cn3n1)C2. The molecule has 11 heteroatoms. The number of hydrogen-bond acceptors (Lipinski definition) is 9. The highest BCUT2D eigenvalue weighted by molar-refractivity contribution is 8.13. The van der Waals surface area contributed by atoms with Gasteiger partial charge in [0.1, 0.15) is 16.6 Å². The van der Waals surface area contributed by atoms with Crippen molar-refractivity contribution >= 4 is 40.1 Å². The average molecular weight is 591 g/mol. The van der Waals surface area contributed by atoms with Crippen LogP contribution in [-0.2, 0) is 30.1 Å². The summed E-state index contributed by atoms with van der Waals surface area (Å²) in [6.07, 6.45) is 4.98. The zero-order valence-corrected chi connectivity index (χ0v) is 25.8. The number of rotatable bonds is 5. The van der Waals surface area contributed by atoms with E-state index in [1.54, 1.807) is 31.5 Å². The van der Waals surface area contributed by atoms with E-state index in [1.165, 1.54) is 5.56 Å². The lowest BCUT2D eigenvalue weighted by molar-refractivity contribution is -0.187. The molecule has 7 rings (SSSR count). The van der Waals surface area contributed by atoms with E-state index in [2.05, 4.69) is 47.5 Å². The van der Waals surface area contributed by atoms with Crippen LogP contribution in [0, 0.1) is 23.7 Å². The topological polar surface area (TPSA) is 122 Å². The minimum atomic E-state index is -1.18. The quantitative estimate of drug-likeness (QED) is 0.258. The lowest BCUT2D eigenvalue weighted by Gasteiger charge is -2.48. The highest BCUT2D eigenvalue weighted by Crippen LogP contribution is 2.67. The lowest BCUT2D eigenvalue weighted by atomic mass is 9.53. The van der Waals surface area contributed by atoms with Gasteiger partial charge in [-0.25, -0.2) is 9.50 Å². The second kappa shape index (κ2) is 9.80. The smallest absolute Gasteiger partial charge is 0.316 e. The van der Waals surface area contributed by atoms with E-state index in [0.29, 0.717) is 11.5 Å². The molecule has 42 heavy (non-hydrogen) atoms. The van der Waals surface area contributed by atoms with Gasteiger partial charge in [-0.05, 0) is 57.6 Å². The summed E-state index contributed by atoms with van der Waals surface area (Å²) in [4.78, 5) is 34.3. The van der Waals surface area contributed by atoms with Gasteiger partial charge in [0.05, 0.1) is 24.4 Å². The number of pyridine rings is 1. The third kappa shape index (κ3) is 4.48. The molecule has 2 bridgehead atoms. The number of aryl methyl sites for hydroxylation is 1. The van der Waals surface area contributed by atoms with Gasteiger partial charge in [-0.15, -0.1) is 5.10 Å².